The lowest BCUT2D eigenvalue weighted by Gasteiger charge is -2.28. The van der Waals surface area contributed by atoms with Crippen molar-refractivity contribution in [3.05, 3.63) is 47.2 Å². The number of carbonyl (C=O) groups excluding carboxylic acids is 1. The number of nitrogens with one attached hydrogen (secondary N) is 2. The van der Waals surface area contributed by atoms with E-state index < -0.39 is 11.6 Å². The third-order valence-corrected chi connectivity index (χ3v) is 5.20. The Balaban J connectivity index is 1.49. The number of amides is 1. The maximum Gasteiger partial charge on any atom is 0.225 e. The van der Waals surface area contributed by atoms with Gasteiger partial charge in [-0.15, -0.1) is 0 Å². The number of benzene rings is 1. The Hall–Kier alpha value is -2.77. The third-order valence-electron chi connectivity index (χ3n) is 5.20. The monoisotopic (exact) mass is 403 g/mol. The van der Waals surface area contributed by atoms with E-state index in [0.29, 0.717) is 5.95 Å². The number of hydrogen-bond acceptors (Lipinski definition) is 5. The van der Waals surface area contributed by atoms with Gasteiger partial charge in [-0.1, -0.05) is 6.07 Å². The van der Waals surface area contributed by atoms with E-state index in [-0.39, 0.29) is 30.0 Å². The summed E-state index contributed by atoms with van der Waals surface area (Å²) in [6.07, 6.45) is 3.14. The second-order valence-corrected chi connectivity index (χ2v) is 7.73. The van der Waals surface area contributed by atoms with Crippen molar-refractivity contribution in [3.8, 4) is 0 Å². The molecule has 1 aliphatic carbocycles. The highest BCUT2D eigenvalue weighted by atomic mass is 19.1. The van der Waals surface area contributed by atoms with Crippen molar-refractivity contribution in [2.75, 3.05) is 24.3 Å². The highest BCUT2D eigenvalue weighted by Crippen LogP contribution is 2.27. The molecular formula is C21H27F2N5O. The summed E-state index contributed by atoms with van der Waals surface area (Å²) < 4.78 is 26.7. The van der Waals surface area contributed by atoms with Crippen LogP contribution < -0.4 is 15.5 Å². The van der Waals surface area contributed by atoms with Crippen molar-refractivity contribution in [2.45, 2.75) is 45.2 Å². The molecule has 1 heterocycles. The maximum atomic E-state index is 13.7. The van der Waals surface area contributed by atoms with E-state index in [1.54, 1.807) is 0 Å². The average Bonchev–Trinajstić information content (AvgIpc) is 2.67. The summed E-state index contributed by atoms with van der Waals surface area (Å²) in [7, 11) is 3.88. The quantitative estimate of drug-likeness (QED) is 0.774. The fourth-order valence-corrected chi connectivity index (χ4v) is 3.52. The van der Waals surface area contributed by atoms with Gasteiger partial charge in [-0.25, -0.2) is 13.8 Å². The number of aromatic nitrogens is 2. The molecule has 6 nitrogen and oxygen atoms in total. The lowest BCUT2D eigenvalue weighted by atomic mass is 9.85. The minimum Gasteiger partial charge on any atom is -0.363 e. The number of rotatable bonds is 6. The van der Waals surface area contributed by atoms with E-state index in [2.05, 4.69) is 20.6 Å². The van der Waals surface area contributed by atoms with Crippen LogP contribution >= 0.6 is 0 Å². The molecule has 1 saturated carbocycles. The average molecular weight is 403 g/mol. The van der Waals surface area contributed by atoms with Gasteiger partial charge in [0.2, 0.25) is 11.9 Å². The molecule has 1 aliphatic rings. The van der Waals surface area contributed by atoms with E-state index in [0.717, 1.165) is 43.3 Å². The molecule has 3 rings (SSSR count). The standard InChI is InChI=1S/C21H27F2N5O/c1-13-10-19(28(2)3)27-21(25-13)26-17-8-5-14(6-9-17)20(29)24-12-15-4-7-16(22)11-18(15)23/h4,7,10-11,14,17H,5-6,8-9,12H2,1-3H3,(H,24,29)(H,25,26,27). The van der Waals surface area contributed by atoms with Gasteiger partial charge in [-0.05, 0) is 38.7 Å². The normalized spacial score (nSPS) is 18.9. The Labute approximate surface area is 169 Å². The number of anilines is 2. The Morgan fingerprint density at radius 1 is 1.14 bits per heavy atom. The van der Waals surface area contributed by atoms with E-state index in [1.165, 1.54) is 12.1 Å². The van der Waals surface area contributed by atoms with Gasteiger partial charge in [-0.2, -0.15) is 4.98 Å². The Kier molecular flexibility index (Phi) is 6.61. The fourth-order valence-electron chi connectivity index (χ4n) is 3.52. The SMILES string of the molecule is Cc1cc(N(C)C)nc(NC2CCC(C(=O)NCc3ccc(F)cc3F)CC2)n1. The van der Waals surface area contributed by atoms with Crippen LogP contribution in [0.1, 0.15) is 36.9 Å². The summed E-state index contributed by atoms with van der Waals surface area (Å²) in [5, 5.41) is 6.15. The van der Waals surface area contributed by atoms with Crippen LogP contribution in [0.25, 0.3) is 0 Å². The van der Waals surface area contributed by atoms with Crippen LogP contribution in [0.2, 0.25) is 0 Å². The van der Waals surface area contributed by atoms with E-state index in [9.17, 15) is 13.6 Å². The maximum absolute atomic E-state index is 13.7. The lowest BCUT2D eigenvalue weighted by molar-refractivity contribution is -0.126. The first-order valence-corrected chi connectivity index (χ1v) is 9.83. The predicted molar refractivity (Wildman–Crippen MR) is 109 cm³/mol. The summed E-state index contributed by atoms with van der Waals surface area (Å²) in [6.45, 7) is 2.00. The van der Waals surface area contributed by atoms with Crippen molar-refractivity contribution in [3.63, 3.8) is 0 Å². The lowest BCUT2D eigenvalue weighted by Crippen LogP contribution is -2.36. The zero-order valence-electron chi connectivity index (χ0n) is 17.0. The van der Waals surface area contributed by atoms with Crippen LogP contribution in [0.15, 0.2) is 24.3 Å². The minimum atomic E-state index is -0.645. The highest BCUT2D eigenvalue weighted by Gasteiger charge is 2.26. The van der Waals surface area contributed by atoms with E-state index >= 15 is 0 Å². The minimum absolute atomic E-state index is 0.0631. The topological polar surface area (TPSA) is 70.2 Å². The number of hydrogen-bond donors (Lipinski definition) is 2. The van der Waals surface area contributed by atoms with E-state index in [4.69, 9.17) is 0 Å². The van der Waals surface area contributed by atoms with Crippen LogP contribution in [0.5, 0.6) is 0 Å². The first-order valence-electron chi connectivity index (χ1n) is 9.83. The molecule has 0 spiro atoms. The van der Waals surface area contributed by atoms with Gasteiger partial charge in [0.1, 0.15) is 17.5 Å². The van der Waals surface area contributed by atoms with Gasteiger partial charge >= 0.3 is 0 Å². The van der Waals surface area contributed by atoms with Crippen molar-refractivity contribution < 1.29 is 13.6 Å². The molecule has 0 saturated heterocycles. The summed E-state index contributed by atoms with van der Waals surface area (Å²) in [4.78, 5) is 23.3. The molecule has 2 aromatic rings. The number of nitrogens with zero attached hydrogens (tertiary/aromatic N) is 3. The van der Waals surface area contributed by atoms with Gasteiger partial charge < -0.3 is 15.5 Å². The van der Waals surface area contributed by atoms with E-state index in [1.807, 2.05) is 32.0 Å². The molecule has 29 heavy (non-hydrogen) atoms. The molecule has 0 atom stereocenters. The van der Waals surface area contributed by atoms with Crippen LogP contribution in [0.4, 0.5) is 20.5 Å². The van der Waals surface area contributed by atoms with Crippen LogP contribution in [-0.4, -0.2) is 36.0 Å². The number of halogens is 2. The second-order valence-electron chi connectivity index (χ2n) is 7.73. The highest BCUT2D eigenvalue weighted by molar-refractivity contribution is 5.78. The molecule has 0 bridgehead atoms. The predicted octanol–water partition coefficient (Wildman–Crippen LogP) is 3.42. The molecule has 8 heteroatoms. The van der Waals surface area contributed by atoms with Crippen LogP contribution in [0.3, 0.4) is 0 Å². The van der Waals surface area contributed by atoms with Gasteiger partial charge in [-0.3, -0.25) is 4.79 Å². The third kappa shape index (κ3) is 5.62. The first-order chi connectivity index (χ1) is 13.8. The van der Waals surface area contributed by atoms with Gasteiger partial charge in [0.15, 0.2) is 0 Å². The summed E-state index contributed by atoms with van der Waals surface area (Å²) >= 11 is 0. The molecule has 1 aromatic carbocycles. The molecule has 1 fully saturated rings. The Bertz CT molecular complexity index is 866. The smallest absolute Gasteiger partial charge is 0.225 e. The van der Waals surface area contributed by atoms with Crippen molar-refractivity contribution in [1.82, 2.24) is 15.3 Å². The first kappa shape index (κ1) is 21.0. The van der Waals surface area contributed by atoms with Crippen LogP contribution in [-0.2, 0) is 11.3 Å². The van der Waals surface area contributed by atoms with Gasteiger partial charge in [0.05, 0.1) is 0 Å². The summed E-state index contributed by atoms with van der Waals surface area (Å²) in [5.41, 5.74) is 1.18. The Morgan fingerprint density at radius 2 is 1.86 bits per heavy atom. The molecule has 1 amide bonds. The number of carbonyl (C=O) groups is 1. The van der Waals surface area contributed by atoms with Crippen molar-refractivity contribution in [2.24, 2.45) is 5.92 Å². The second kappa shape index (κ2) is 9.15. The zero-order chi connectivity index (χ0) is 21.0. The molecule has 2 N–H and O–H groups in total. The number of aryl methyl sites for hydroxylation is 1. The van der Waals surface area contributed by atoms with Gasteiger partial charge in [0.25, 0.3) is 0 Å². The fraction of sp³-hybridized carbons (Fsp3) is 0.476. The molecule has 0 aliphatic heterocycles. The largest absolute Gasteiger partial charge is 0.363 e. The van der Waals surface area contributed by atoms with Crippen LogP contribution in [0, 0.1) is 24.5 Å². The van der Waals surface area contributed by atoms with Crippen molar-refractivity contribution >= 4 is 17.7 Å². The molecule has 0 unspecified atom stereocenters. The summed E-state index contributed by atoms with van der Waals surface area (Å²) in [5.74, 6) is -0.0113. The molecule has 0 radical (unpaired) electrons. The molecular weight excluding hydrogens is 376 g/mol. The van der Waals surface area contributed by atoms with Crippen molar-refractivity contribution in [1.29, 1.82) is 0 Å². The van der Waals surface area contributed by atoms with Gasteiger partial charge in [0, 0.05) is 56.0 Å². The Morgan fingerprint density at radius 3 is 2.52 bits per heavy atom. The zero-order valence-corrected chi connectivity index (χ0v) is 17.0. The summed E-state index contributed by atoms with van der Waals surface area (Å²) in [6, 6.07) is 5.51. The molecule has 1 aromatic heterocycles. The molecule has 156 valence electrons.